The first-order valence-corrected chi connectivity index (χ1v) is 5.92. The molecule has 0 atom stereocenters. The molecule has 2 aliphatic rings. The standard InChI is InChI=1S/C8H11NO4S/c10-14(11)6-8(5-9-14)13-7-1-3-12-4-2-7/h5-7H,1-4H2. The van der Waals surface area contributed by atoms with Crippen LogP contribution in [-0.2, 0) is 19.5 Å². The Bertz CT molecular complexity index is 365. The molecule has 1 fully saturated rings. The van der Waals surface area contributed by atoms with Crippen molar-refractivity contribution >= 4 is 16.2 Å². The molecule has 0 amide bonds. The number of hydrogen-bond acceptors (Lipinski definition) is 4. The third-order valence-electron chi connectivity index (χ3n) is 2.06. The maximum absolute atomic E-state index is 10.9. The van der Waals surface area contributed by atoms with E-state index < -0.39 is 10.0 Å². The molecule has 0 aromatic rings. The van der Waals surface area contributed by atoms with Crippen molar-refractivity contribution < 1.29 is 17.9 Å². The minimum absolute atomic E-state index is 0.0507. The Morgan fingerprint density at radius 1 is 1.43 bits per heavy atom. The number of nitrogens with zero attached hydrogens (tertiary/aromatic N) is 1. The molecule has 2 aliphatic heterocycles. The monoisotopic (exact) mass is 217 g/mol. The summed E-state index contributed by atoms with van der Waals surface area (Å²) < 4.78 is 35.7. The predicted octanol–water partition coefficient (Wildman–Crippen LogP) is 0.438. The van der Waals surface area contributed by atoms with Gasteiger partial charge in [0.25, 0.3) is 10.0 Å². The molecule has 14 heavy (non-hydrogen) atoms. The lowest BCUT2D eigenvalue weighted by Crippen LogP contribution is -2.23. The van der Waals surface area contributed by atoms with Crippen LogP contribution in [0.1, 0.15) is 12.8 Å². The van der Waals surface area contributed by atoms with Crippen LogP contribution >= 0.6 is 0 Å². The summed E-state index contributed by atoms with van der Waals surface area (Å²) in [6, 6.07) is 0. The zero-order valence-corrected chi connectivity index (χ0v) is 8.37. The summed E-state index contributed by atoms with van der Waals surface area (Å²) in [5, 5.41) is 1.04. The maximum Gasteiger partial charge on any atom is 0.279 e. The van der Waals surface area contributed by atoms with Gasteiger partial charge in [-0.25, -0.2) is 0 Å². The third-order valence-corrected chi connectivity index (χ3v) is 2.99. The molecule has 0 saturated carbocycles. The van der Waals surface area contributed by atoms with Crippen LogP contribution in [0.5, 0.6) is 0 Å². The molecule has 2 rings (SSSR count). The molecule has 0 N–H and O–H groups in total. The highest BCUT2D eigenvalue weighted by Crippen LogP contribution is 2.17. The van der Waals surface area contributed by atoms with Crippen LogP contribution in [-0.4, -0.2) is 34.0 Å². The fraction of sp³-hybridized carbons (Fsp3) is 0.625. The van der Waals surface area contributed by atoms with Gasteiger partial charge in [0.2, 0.25) is 0 Å². The van der Waals surface area contributed by atoms with E-state index in [0.717, 1.165) is 18.2 Å². The molecule has 0 unspecified atom stereocenters. The molecule has 0 spiro atoms. The van der Waals surface area contributed by atoms with Gasteiger partial charge in [0.05, 0.1) is 24.8 Å². The number of allylic oxidation sites excluding steroid dienone is 1. The second-order valence-corrected chi connectivity index (χ2v) is 4.68. The summed E-state index contributed by atoms with van der Waals surface area (Å²) in [5.41, 5.74) is 0. The van der Waals surface area contributed by atoms with E-state index in [1.165, 1.54) is 6.21 Å². The molecule has 78 valence electrons. The van der Waals surface area contributed by atoms with Gasteiger partial charge >= 0.3 is 0 Å². The predicted molar refractivity (Wildman–Crippen MR) is 50.4 cm³/mol. The van der Waals surface area contributed by atoms with Gasteiger partial charge < -0.3 is 9.47 Å². The van der Waals surface area contributed by atoms with Crippen molar-refractivity contribution in [1.82, 2.24) is 0 Å². The van der Waals surface area contributed by atoms with Gasteiger partial charge in [-0.15, -0.1) is 0 Å². The summed E-state index contributed by atoms with van der Waals surface area (Å²) >= 11 is 0. The average molecular weight is 217 g/mol. The number of ether oxygens (including phenoxy) is 2. The van der Waals surface area contributed by atoms with Crippen molar-refractivity contribution in [2.24, 2.45) is 4.40 Å². The lowest BCUT2D eigenvalue weighted by atomic mass is 10.1. The van der Waals surface area contributed by atoms with Crippen LogP contribution in [0.4, 0.5) is 0 Å². The van der Waals surface area contributed by atoms with E-state index in [2.05, 4.69) is 4.40 Å². The van der Waals surface area contributed by atoms with Crippen LogP contribution < -0.4 is 0 Å². The Hall–Kier alpha value is -0.880. The van der Waals surface area contributed by atoms with E-state index >= 15 is 0 Å². The lowest BCUT2D eigenvalue weighted by molar-refractivity contribution is 0.00178. The van der Waals surface area contributed by atoms with Gasteiger partial charge in [0.1, 0.15) is 6.10 Å². The van der Waals surface area contributed by atoms with Crippen molar-refractivity contribution in [1.29, 1.82) is 0 Å². The van der Waals surface area contributed by atoms with Crippen LogP contribution in [0, 0.1) is 0 Å². The van der Waals surface area contributed by atoms with E-state index in [1.54, 1.807) is 0 Å². The van der Waals surface area contributed by atoms with E-state index in [0.29, 0.717) is 19.0 Å². The smallest absolute Gasteiger partial charge is 0.279 e. The van der Waals surface area contributed by atoms with Crippen LogP contribution in [0.2, 0.25) is 0 Å². The molecule has 6 heteroatoms. The zero-order chi connectivity index (χ0) is 10.0. The average Bonchev–Trinajstić information content (AvgIpc) is 2.47. The second-order valence-electron chi connectivity index (χ2n) is 3.20. The van der Waals surface area contributed by atoms with Crippen LogP contribution in [0.25, 0.3) is 0 Å². The summed E-state index contributed by atoms with van der Waals surface area (Å²) in [5.74, 6) is 0.330. The molecule has 1 saturated heterocycles. The quantitative estimate of drug-likeness (QED) is 0.673. The fourth-order valence-corrected chi connectivity index (χ4v) is 2.10. The number of hydrogen-bond donors (Lipinski definition) is 0. The molecule has 0 bridgehead atoms. The molecule has 0 aromatic carbocycles. The molecule has 0 aromatic heterocycles. The summed E-state index contributed by atoms with van der Waals surface area (Å²) in [4.78, 5) is 0. The zero-order valence-electron chi connectivity index (χ0n) is 7.55. The highest BCUT2D eigenvalue weighted by atomic mass is 32.2. The van der Waals surface area contributed by atoms with Gasteiger partial charge in [-0.3, -0.25) is 0 Å². The largest absolute Gasteiger partial charge is 0.488 e. The Kier molecular flexibility index (Phi) is 2.56. The maximum atomic E-state index is 10.9. The van der Waals surface area contributed by atoms with Gasteiger partial charge in [0, 0.05) is 12.8 Å². The molecule has 5 nitrogen and oxygen atoms in total. The van der Waals surface area contributed by atoms with Crippen LogP contribution in [0.3, 0.4) is 0 Å². The normalized spacial score (nSPS) is 26.1. The van der Waals surface area contributed by atoms with Crippen molar-refractivity contribution in [3.63, 3.8) is 0 Å². The summed E-state index contributed by atoms with van der Waals surface area (Å²) in [7, 11) is -3.40. The first-order chi connectivity index (χ1) is 6.66. The topological polar surface area (TPSA) is 65.0 Å². The third kappa shape index (κ3) is 2.33. The summed E-state index contributed by atoms with van der Waals surface area (Å²) in [6.07, 6.45) is 2.89. The molecular weight excluding hydrogens is 206 g/mol. The minimum atomic E-state index is -3.40. The second kappa shape index (κ2) is 3.70. The first kappa shape index (κ1) is 9.67. The molecule has 0 radical (unpaired) electrons. The fourth-order valence-electron chi connectivity index (χ4n) is 1.38. The van der Waals surface area contributed by atoms with Crippen molar-refractivity contribution in [2.75, 3.05) is 13.2 Å². The lowest BCUT2D eigenvalue weighted by Gasteiger charge is -2.22. The summed E-state index contributed by atoms with van der Waals surface area (Å²) in [6.45, 7) is 1.34. The van der Waals surface area contributed by atoms with Gasteiger partial charge in [-0.05, 0) is 0 Å². The molecule has 2 heterocycles. The van der Waals surface area contributed by atoms with Crippen molar-refractivity contribution in [3.8, 4) is 0 Å². The Morgan fingerprint density at radius 2 is 2.14 bits per heavy atom. The first-order valence-electron chi connectivity index (χ1n) is 4.42. The highest BCUT2D eigenvalue weighted by Gasteiger charge is 2.20. The van der Waals surface area contributed by atoms with E-state index in [-0.39, 0.29) is 6.10 Å². The molecular formula is C8H11NO4S. The van der Waals surface area contributed by atoms with Gasteiger partial charge in [-0.1, -0.05) is 0 Å². The minimum Gasteiger partial charge on any atom is -0.488 e. The van der Waals surface area contributed by atoms with Gasteiger partial charge in [-0.2, -0.15) is 12.8 Å². The number of rotatable bonds is 2. The molecule has 0 aliphatic carbocycles. The SMILES string of the molecule is O=S1(=O)C=C(OC2CCOCC2)C=N1. The van der Waals surface area contributed by atoms with Gasteiger partial charge in [0.15, 0.2) is 5.76 Å². The van der Waals surface area contributed by atoms with Crippen molar-refractivity contribution in [2.45, 2.75) is 18.9 Å². The van der Waals surface area contributed by atoms with E-state index in [9.17, 15) is 8.42 Å². The Labute approximate surface area is 82.5 Å². The number of sulfonamides is 1. The Balaban J connectivity index is 1.96. The Morgan fingerprint density at radius 3 is 2.71 bits per heavy atom. The van der Waals surface area contributed by atoms with E-state index in [1.807, 2.05) is 0 Å². The highest BCUT2D eigenvalue weighted by molar-refractivity contribution is 7.93. The van der Waals surface area contributed by atoms with Crippen molar-refractivity contribution in [3.05, 3.63) is 11.2 Å². The van der Waals surface area contributed by atoms with E-state index in [4.69, 9.17) is 9.47 Å². The van der Waals surface area contributed by atoms with Crippen LogP contribution in [0.15, 0.2) is 15.6 Å².